The van der Waals surface area contributed by atoms with Crippen molar-refractivity contribution in [2.75, 3.05) is 6.54 Å². The molecular formula is C11H12NO. The molecular weight excluding hydrogens is 162 g/mol. The number of amides is 1. The first kappa shape index (κ1) is 8.30. The molecule has 1 heterocycles. The molecule has 0 saturated carbocycles. The van der Waals surface area contributed by atoms with Crippen molar-refractivity contribution in [3.8, 4) is 0 Å². The highest BCUT2D eigenvalue weighted by atomic mass is 16.1. The second-order valence-electron chi connectivity index (χ2n) is 3.33. The van der Waals surface area contributed by atoms with Crippen LogP contribution >= 0.6 is 0 Å². The van der Waals surface area contributed by atoms with Gasteiger partial charge in [-0.25, -0.2) is 0 Å². The van der Waals surface area contributed by atoms with E-state index in [2.05, 4.69) is 5.32 Å². The van der Waals surface area contributed by atoms with Crippen LogP contribution in [0.15, 0.2) is 30.3 Å². The Morgan fingerprint density at radius 3 is 2.69 bits per heavy atom. The molecule has 2 nitrogen and oxygen atoms in total. The predicted molar refractivity (Wildman–Crippen MR) is 50.4 cm³/mol. The van der Waals surface area contributed by atoms with E-state index < -0.39 is 0 Å². The normalized spacial score (nSPS) is 22.5. The van der Waals surface area contributed by atoms with Crippen molar-refractivity contribution in [1.29, 1.82) is 0 Å². The van der Waals surface area contributed by atoms with E-state index in [0.717, 1.165) is 18.4 Å². The van der Waals surface area contributed by atoms with Gasteiger partial charge in [0.15, 0.2) is 0 Å². The summed E-state index contributed by atoms with van der Waals surface area (Å²) >= 11 is 0. The van der Waals surface area contributed by atoms with Crippen molar-refractivity contribution in [1.82, 2.24) is 5.32 Å². The Hall–Kier alpha value is -1.31. The molecule has 13 heavy (non-hydrogen) atoms. The van der Waals surface area contributed by atoms with E-state index >= 15 is 0 Å². The summed E-state index contributed by atoms with van der Waals surface area (Å²) in [7, 11) is 0. The van der Waals surface area contributed by atoms with Crippen molar-refractivity contribution in [2.24, 2.45) is 0 Å². The molecule has 1 atom stereocenters. The molecule has 0 bridgehead atoms. The molecule has 1 aliphatic rings. The fourth-order valence-corrected chi connectivity index (χ4v) is 1.71. The number of nitrogens with zero attached hydrogens (tertiary/aromatic N) is 1. The molecule has 1 unspecified atom stereocenters. The maximum Gasteiger partial charge on any atom is 0.248 e. The van der Waals surface area contributed by atoms with Crippen molar-refractivity contribution in [2.45, 2.75) is 18.8 Å². The van der Waals surface area contributed by atoms with Crippen LogP contribution in [-0.2, 0) is 4.79 Å². The standard InChI is InChI=1S/C11H12NO/c13-11-10(7-4-8-12-11)9-5-2-1-3-6-9/h1-3,5-6,10H,4,7-8H2. The predicted octanol–water partition coefficient (Wildman–Crippen LogP) is 1.70. The van der Waals surface area contributed by atoms with Gasteiger partial charge < -0.3 is 0 Å². The maximum absolute atomic E-state index is 11.4. The first-order valence-corrected chi connectivity index (χ1v) is 4.64. The Labute approximate surface area is 78.0 Å². The van der Waals surface area contributed by atoms with Crippen LogP contribution in [0.25, 0.3) is 0 Å². The number of rotatable bonds is 1. The summed E-state index contributed by atoms with van der Waals surface area (Å²) in [4.78, 5) is 11.4. The van der Waals surface area contributed by atoms with E-state index in [4.69, 9.17) is 0 Å². The van der Waals surface area contributed by atoms with Crippen LogP contribution in [0.4, 0.5) is 0 Å². The molecule has 0 N–H and O–H groups in total. The summed E-state index contributed by atoms with van der Waals surface area (Å²) in [6, 6.07) is 9.91. The van der Waals surface area contributed by atoms with E-state index in [-0.39, 0.29) is 11.8 Å². The largest absolute Gasteiger partial charge is 0.272 e. The molecule has 0 aromatic heterocycles. The molecule has 2 heteroatoms. The van der Waals surface area contributed by atoms with Gasteiger partial charge in [-0.1, -0.05) is 30.3 Å². The van der Waals surface area contributed by atoms with Crippen molar-refractivity contribution in [3.05, 3.63) is 35.9 Å². The van der Waals surface area contributed by atoms with Gasteiger partial charge in [-0.05, 0) is 18.4 Å². The summed E-state index contributed by atoms with van der Waals surface area (Å²) in [5.74, 6) is 0.0763. The van der Waals surface area contributed by atoms with Gasteiger partial charge in [0.2, 0.25) is 5.91 Å². The van der Waals surface area contributed by atoms with E-state index in [1.807, 2.05) is 30.3 Å². The second kappa shape index (κ2) is 3.60. The lowest BCUT2D eigenvalue weighted by Crippen LogP contribution is -2.29. The Morgan fingerprint density at radius 2 is 2.00 bits per heavy atom. The number of carbonyl (C=O) groups is 1. The van der Waals surface area contributed by atoms with E-state index in [1.165, 1.54) is 0 Å². The van der Waals surface area contributed by atoms with Crippen LogP contribution in [0.2, 0.25) is 0 Å². The monoisotopic (exact) mass is 174 g/mol. The molecule has 1 aromatic rings. The number of hydrogen-bond donors (Lipinski definition) is 0. The van der Waals surface area contributed by atoms with Crippen LogP contribution < -0.4 is 5.32 Å². The van der Waals surface area contributed by atoms with Gasteiger partial charge >= 0.3 is 0 Å². The molecule has 0 spiro atoms. The van der Waals surface area contributed by atoms with E-state index in [9.17, 15) is 4.79 Å². The number of carbonyl (C=O) groups excluding carboxylic acids is 1. The number of piperidine rings is 1. The lowest BCUT2D eigenvalue weighted by atomic mass is 9.91. The van der Waals surface area contributed by atoms with Crippen LogP contribution in [0.1, 0.15) is 24.3 Å². The summed E-state index contributed by atoms with van der Waals surface area (Å²) in [5, 5.41) is 3.95. The maximum atomic E-state index is 11.4. The molecule has 1 saturated heterocycles. The van der Waals surface area contributed by atoms with Gasteiger partial charge in [0.05, 0.1) is 5.92 Å². The van der Waals surface area contributed by atoms with Gasteiger partial charge in [0, 0.05) is 6.54 Å². The first-order valence-electron chi connectivity index (χ1n) is 4.64. The lowest BCUT2D eigenvalue weighted by molar-refractivity contribution is -0.124. The second-order valence-corrected chi connectivity index (χ2v) is 3.33. The zero-order valence-corrected chi connectivity index (χ0v) is 7.44. The van der Waals surface area contributed by atoms with Crippen LogP contribution in [-0.4, -0.2) is 12.5 Å². The van der Waals surface area contributed by atoms with Gasteiger partial charge in [-0.3, -0.25) is 10.1 Å². The molecule has 1 fully saturated rings. The molecule has 1 amide bonds. The molecule has 67 valence electrons. The van der Waals surface area contributed by atoms with Gasteiger partial charge in [0.25, 0.3) is 0 Å². The molecule has 2 rings (SSSR count). The summed E-state index contributed by atoms with van der Waals surface area (Å²) < 4.78 is 0. The van der Waals surface area contributed by atoms with Crippen LogP contribution in [0.5, 0.6) is 0 Å². The average Bonchev–Trinajstić information content (AvgIpc) is 2.20. The highest BCUT2D eigenvalue weighted by Gasteiger charge is 2.24. The highest BCUT2D eigenvalue weighted by Crippen LogP contribution is 2.24. The number of hydrogen-bond acceptors (Lipinski definition) is 1. The van der Waals surface area contributed by atoms with Crippen LogP contribution in [0.3, 0.4) is 0 Å². The van der Waals surface area contributed by atoms with Crippen molar-refractivity contribution in [3.63, 3.8) is 0 Å². The lowest BCUT2D eigenvalue weighted by Gasteiger charge is -2.19. The fourth-order valence-electron chi connectivity index (χ4n) is 1.71. The van der Waals surface area contributed by atoms with E-state index in [1.54, 1.807) is 0 Å². The van der Waals surface area contributed by atoms with E-state index in [0.29, 0.717) is 6.54 Å². The molecule has 1 aliphatic heterocycles. The topological polar surface area (TPSA) is 31.2 Å². The molecule has 0 aliphatic carbocycles. The third-order valence-corrected chi connectivity index (χ3v) is 2.42. The fraction of sp³-hybridized carbons (Fsp3) is 0.364. The van der Waals surface area contributed by atoms with Crippen LogP contribution in [0, 0.1) is 0 Å². The Bertz CT molecular complexity index is 294. The van der Waals surface area contributed by atoms with Gasteiger partial charge in [-0.2, -0.15) is 0 Å². The SMILES string of the molecule is O=C1[N]CCCC1c1ccccc1. The third kappa shape index (κ3) is 1.72. The smallest absolute Gasteiger partial charge is 0.248 e. The first-order chi connectivity index (χ1) is 6.38. The minimum atomic E-state index is 0.0231. The minimum Gasteiger partial charge on any atom is -0.272 e. The minimum absolute atomic E-state index is 0.0231. The number of benzene rings is 1. The zero-order valence-electron chi connectivity index (χ0n) is 7.44. The quantitative estimate of drug-likeness (QED) is 0.637. The highest BCUT2D eigenvalue weighted by molar-refractivity contribution is 5.83. The van der Waals surface area contributed by atoms with Crippen molar-refractivity contribution >= 4 is 5.91 Å². The van der Waals surface area contributed by atoms with Gasteiger partial charge in [0.1, 0.15) is 0 Å². The third-order valence-electron chi connectivity index (χ3n) is 2.42. The zero-order chi connectivity index (χ0) is 9.10. The van der Waals surface area contributed by atoms with Crippen molar-refractivity contribution < 1.29 is 4.79 Å². The summed E-state index contributed by atoms with van der Waals surface area (Å²) in [6.07, 6.45) is 1.98. The summed E-state index contributed by atoms with van der Waals surface area (Å²) in [5.41, 5.74) is 1.11. The Balaban J connectivity index is 2.20. The Kier molecular flexibility index (Phi) is 2.30. The molecule has 1 aromatic carbocycles. The molecule has 1 radical (unpaired) electrons. The summed E-state index contributed by atoms with van der Waals surface area (Å²) in [6.45, 7) is 0.710. The Morgan fingerprint density at radius 1 is 1.23 bits per heavy atom. The van der Waals surface area contributed by atoms with Gasteiger partial charge in [-0.15, -0.1) is 0 Å². The average molecular weight is 174 g/mol.